The van der Waals surface area contributed by atoms with Crippen LogP contribution < -0.4 is 5.32 Å². The molecular weight excluding hydrogens is 273 g/mol. The summed E-state index contributed by atoms with van der Waals surface area (Å²) in [5.74, 6) is 0.455. The maximum absolute atomic E-state index is 13.7. The molecule has 0 aliphatic carbocycles. The number of nitrogens with one attached hydrogen (secondary N) is 1. The molecule has 0 aliphatic heterocycles. The van der Waals surface area contributed by atoms with E-state index in [4.69, 9.17) is 4.42 Å². The Labute approximate surface area is 102 Å². The SMILES string of the molecule is CNC(C)c1oc2c(F)cc(Br)cc2c1C. The lowest BCUT2D eigenvalue weighted by atomic mass is 10.1. The van der Waals surface area contributed by atoms with Crippen LogP contribution in [0.25, 0.3) is 11.0 Å². The standard InChI is InChI=1S/C12H13BrFNO/c1-6-9-4-8(13)5-10(14)12(9)16-11(6)7(2)15-3/h4-5,7,15H,1-3H3. The summed E-state index contributed by atoms with van der Waals surface area (Å²) in [6, 6.07) is 3.37. The summed E-state index contributed by atoms with van der Waals surface area (Å²) in [6.45, 7) is 3.93. The van der Waals surface area contributed by atoms with Crippen molar-refractivity contribution < 1.29 is 8.81 Å². The van der Waals surface area contributed by atoms with Crippen molar-refractivity contribution in [2.75, 3.05) is 7.05 Å². The van der Waals surface area contributed by atoms with Gasteiger partial charge in [0, 0.05) is 15.4 Å². The zero-order valence-electron chi connectivity index (χ0n) is 9.40. The molecule has 1 atom stereocenters. The fourth-order valence-corrected chi connectivity index (χ4v) is 2.24. The predicted octanol–water partition coefficient (Wildman–Crippen LogP) is 3.92. The lowest BCUT2D eigenvalue weighted by Crippen LogP contribution is -2.12. The van der Waals surface area contributed by atoms with E-state index in [1.54, 1.807) is 0 Å². The number of hydrogen-bond donors (Lipinski definition) is 1. The molecule has 1 heterocycles. The number of fused-ring (bicyclic) bond motifs is 1. The normalized spacial score (nSPS) is 13.3. The molecule has 2 rings (SSSR count). The van der Waals surface area contributed by atoms with E-state index in [1.165, 1.54) is 6.07 Å². The van der Waals surface area contributed by atoms with Crippen LogP contribution in [0.3, 0.4) is 0 Å². The highest BCUT2D eigenvalue weighted by Gasteiger charge is 2.18. The first kappa shape index (κ1) is 11.6. The van der Waals surface area contributed by atoms with E-state index in [9.17, 15) is 4.39 Å². The molecule has 0 spiro atoms. The van der Waals surface area contributed by atoms with Crippen LogP contribution in [0.5, 0.6) is 0 Å². The molecule has 0 amide bonds. The molecular formula is C12H13BrFNO. The van der Waals surface area contributed by atoms with Crippen LogP contribution in [0.2, 0.25) is 0 Å². The molecule has 0 aliphatic rings. The maximum atomic E-state index is 13.7. The molecule has 0 saturated heterocycles. The highest BCUT2D eigenvalue weighted by Crippen LogP contribution is 2.32. The van der Waals surface area contributed by atoms with Crippen LogP contribution in [-0.4, -0.2) is 7.05 Å². The van der Waals surface area contributed by atoms with Gasteiger partial charge in [-0.1, -0.05) is 15.9 Å². The Bertz CT molecular complexity index is 535. The van der Waals surface area contributed by atoms with Crippen molar-refractivity contribution >= 4 is 26.9 Å². The van der Waals surface area contributed by atoms with E-state index >= 15 is 0 Å². The largest absolute Gasteiger partial charge is 0.456 e. The Balaban J connectivity index is 2.72. The van der Waals surface area contributed by atoms with E-state index in [0.29, 0.717) is 5.58 Å². The second-order valence-electron chi connectivity index (χ2n) is 3.87. The predicted molar refractivity (Wildman–Crippen MR) is 66.1 cm³/mol. The lowest BCUT2D eigenvalue weighted by Gasteiger charge is -2.06. The Kier molecular flexibility index (Phi) is 3.04. The molecule has 86 valence electrons. The second-order valence-corrected chi connectivity index (χ2v) is 4.78. The molecule has 1 N–H and O–H groups in total. The second kappa shape index (κ2) is 4.18. The molecule has 2 nitrogen and oxygen atoms in total. The van der Waals surface area contributed by atoms with Crippen molar-refractivity contribution in [2.45, 2.75) is 19.9 Å². The van der Waals surface area contributed by atoms with Gasteiger partial charge >= 0.3 is 0 Å². The van der Waals surface area contributed by atoms with Crippen molar-refractivity contribution in [2.24, 2.45) is 0 Å². The average Bonchev–Trinajstić information content (AvgIpc) is 2.56. The van der Waals surface area contributed by atoms with Crippen molar-refractivity contribution in [3.8, 4) is 0 Å². The van der Waals surface area contributed by atoms with Gasteiger partial charge in [0.2, 0.25) is 0 Å². The summed E-state index contributed by atoms with van der Waals surface area (Å²) in [5, 5.41) is 3.91. The zero-order valence-corrected chi connectivity index (χ0v) is 11.0. The Morgan fingerprint density at radius 3 is 2.75 bits per heavy atom. The molecule has 0 saturated carbocycles. The summed E-state index contributed by atoms with van der Waals surface area (Å²) in [7, 11) is 1.85. The summed E-state index contributed by atoms with van der Waals surface area (Å²) >= 11 is 3.28. The summed E-state index contributed by atoms with van der Waals surface area (Å²) in [4.78, 5) is 0. The van der Waals surface area contributed by atoms with Gasteiger partial charge in [-0.2, -0.15) is 0 Å². The number of halogens is 2. The smallest absolute Gasteiger partial charge is 0.170 e. The quantitative estimate of drug-likeness (QED) is 0.905. The summed E-state index contributed by atoms with van der Waals surface area (Å²) < 4.78 is 20.0. The van der Waals surface area contributed by atoms with Gasteiger partial charge in [0.1, 0.15) is 5.76 Å². The fourth-order valence-electron chi connectivity index (χ4n) is 1.81. The van der Waals surface area contributed by atoms with Gasteiger partial charge < -0.3 is 9.73 Å². The van der Waals surface area contributed by atoms with Crippen LogP contribution in [-0.2, 0) is 0 Å². The lowest BCUT2D eigenvalue weighted by molar-refractivity contribution is 0.459. The summed E-state index contributed by atoms with van der Waals surface area (Å²) in [6.07, 6.45) is 0. The van der Waals surface area contributed by atoms with Gasteiger partial charge in [-0.3, -0.25) is 0 Å². The van der Waals surface area contributed by atoms with Crippen molar-refractivity contribution in [3.05, 3.63) is 33.7 Å². The number of aryl methyl sites for hydroxylation is 1. The Morgan fingerprint density at radius 2 is 2.12 bits per heavy atom. The topological polar surface area (TPSA) is 25.2 Å². The minimum atomic E-state index is -0.331. The van der Waals surface area contributed by atoms with Crippen LogP contribution in [0.4, 0.5) is 4.39 Å². The first-order valence-electron chi connectivity index (χ1n) is 5.10. The minimum Gasteiger partial charge on any atom is -0.456 e. The van der Waals surface area contributed by atoms with Gasteiger partial charge in [-0.15, -0.1) is 0 Å². The van der Waals surface area contributed by atoms with Crippen LogP contribution in [0.15, 0.2) is 21.0 Å². The molecule has 1 aromatic carbocycles. The molecule has 0 bridgehead atoms. The maximum Gasteiger partial charge on any atom is 0.170 e. The molecule has 2 aromatic rings. The number of benzene rings is 1. The van der Waals surface area contributed by atoms with Gasteiger partial charge in [0.15, 0.2) is 11.4 Å². The van der Waals surface area contributed by atoms with E-state index in [-0.39, 0.29) is 11.9 Å². The molecule has 16 heavy (non-hydrogen) atoms. The average molecular weight is 286 g/mol. The minimum absolute atomic E-state index is 0.0746. The van der Waals surface area contributed by atoms with Gasteiger partial charge in [-0.05, 0) is 33.0 Å². The van der Waals surface area contributed by atoms with Gasteiger partial charge in [0.25, 0.3) is 0 Å². The monoisotopic (exact) mass is 285 g/mol. The van der Waals surface area contributed by atoms with E-state index in [0.717, 1.165) is 21.2 Å². The summed E-state index contributed by atoms with van der Waals surface area (Å²) in [5.41, 5.74) is 1.31. The van der Waals surface area contributed by atoms with E-state index < -0.39 is 0 Å². The molecule has 0 radical (unpaired) electrons. The van der Waals surface area contributed by atoms with Crippen molar-refractivity contribution in [1.82, 2.24) is 5.32 Å². The fraction of sp³-hybridized carbons (Fsp3) is 0.333. The first-order chi connectivity index (χ1) is 7.54. The van der Waals surface area contributed by atoms with Crippen LogP contribution in [0.1, 0.15) is 24.3 Å². The highest BCUT2D eigenvalue weighted by molar-refractivity contribution is 9.10. The van der Waals surface area contributed by atoms with Crippen LogP contribution >= 0.6 is 15.9 Å². The van der Waals surface area contributed by atoms with E-state index in [2.05, 4.69) is 21.2 Å². The Hall–Kier alpha value is -0.870. The molecule has 1 aromatic heterocycles. The first-order valence-corrected chi connectivity index (χ1v) is 5.89. The third kappa shape index (κ3) is 1.76. The van der Waals surface area contributed by atoms with E-state index in [1.807, 2.05) is 27.0 Å². The van der Waals surface area contributed by atoms with Gasteiger partial charge in [0.05, 0.1) is 6.04 Å². The third-order valence-corrected chi connectivity index (χ3v) is 3.28. The van der Waals surface area contributed by atoms with Crippen LogP contribution in [0, 0.1) is 12.7 Å². The third-order valence-electron chi connectivity index (χ3n) is 2.82. The molecule has 1 unspecified atom stereocenters. The molecule has 4 heteroatoms. The van der Waals surface area contributed by atoms with Crippen molar-refractivity contribution in [3.63, 3.8) is 0 Å². The van der Waals surface area contributed by atoms with Gasteiger partial charge in [-0.25, -0.2) is 4.39 Å². The van der Waals surface area contributed by atoms with Crippen molar-refractivity contribution in [1.29, 1.82) is 0 Å². The Morgan fingerprint density at radius 1 is 1.44 bits per heavy atom. The molecule has 0 fully saturated rings. The highest BCUT2D eigenvalue weighted by atomic mass is 79.9. The number of rotatable bonds is 2. The number of hydrogen-bond acceptors (Lipinski definition) is 2. The zero-order chi connectivity index (χ0) is 11.9. The number of furan rings is 1.